The van der Waals surface area contributed by atoms with E-state index in [-0.39, 0.29) is 5.69 Å². The SMILES string of the molecule is Cc1cc(SC(C)C(=O)O)c(Br)cc1[N+](=O)[O-]. The van der Waals surface area contributed by atoms with Gasteiger partial charge in [0.1, 0.15) is 5.25 Å². The van der Waals surface area contributed by atoms with Crippen LogP contribution in [0.5, 0.6) is 0 Å². The van der Waals surface area contributed by atoms with Gasteiger partial charge in [-0.05, 0) is 35.8 Å². The van der Waals surface area contributed by atoms with E-state index >= 15 is 0 Å². The Labute approximate surface area is 110 Å². The number of nitro benzene ring substituents is 1. The summed E-state index contributed by atoms with van der Waals surface area (Å²) in [7, 11) is 0. The van der Waals surface area contributed by atoms with Crippen LogP contribution in [0.4, 0.5) is 5.69 Å². The van der Waals surface area contributed by atoms with Crippen LogP contribution in [0.15, 0.2) is 21.5 Å². The molecule has 0 aliphatic rings. The summed E-state index contributed by atoms with van der Waals surface area (Å²) in [6, 6.07) is 3.01. The number of carboxylic acid groups (broad SMARTS) is 1. The lowest BCUT2D eigenvalue weighted by atomic mass is 10.2. The monoisotopic (exact) mass is 319 g/mol. The molecule has 17 heavy (non-hydrogen) atoms. The largest absolute Gasteiger partial charge is 0.480 e. The van der Waals surface area contributed by atoms with Gasteiger partial charge in [0.25, 0.3) is 5.69 Å². The van der Waals surface area contributed by atoms with Crippen LogP contribution in [0, 0.1) is 17.0 Å². The Morgan fingerprint density at radius 2 is 2.18 bits per heavy atom. The minimum Gasteiger partial charge on any atom is -0.480 e. The number of nitro groups is 1. The molecule has 0 aromatic heterocycles. The van der Waals surface area contributed by atoms with E-state index in [1.165, 1.54) is 6.07 Å². The van der Waals surface area contributed by atoms with Gasteiger partial charge in [-0.15, -0.1) is 11.8 Å². The van der Waals surface area contributed by atoms with E-state index in [0.717, 1.165) is 11.8 Å². The molecule has 0 fully saturated rings. The molecule has 1 N–H and O–H groups in total. The molecule has 0 radical (unpaired) electrons. The molecule has 0 saturated heterocycles. The molecule has 5 nitrogen and oxygen atoms in total. The molecule has 92 valence electrons. The summed E-state index contributed by atoms with van der Waals surface area (Å²) in [4.78, 5) is 21.7. The van der Waals surface area contributed by atoms with Crippen molar-refractivity contribution in [2.75, 3.05) is 0 Å². The van der Waals surface area contributed by atoms with Crippen LogP contribution in [0.1, 0.15) is 12.5 Å². The number of carbonyl (C=O) groups is 1. The second-order valence-electron chi connectivity index (χ2n) is 3.42. The number of hydrogen-bond donors (Lipinski definition) is 1. The van der Waals surface area contributed by atoms with E-state index in [2.05, 4.69) is 15.9 Å². The first-order valence-electron chi connectivity index (χ1n) is 4.67. The van der Waals surface area contributed by atoms with Crippen molar-refractivity contribution in [2.24, 2.45) is 0 Å². The molecule has 1 atom stereocenters. The van der Waals surface area contributed by atoms with Gasteiger partial charge in [0.05, 0.1) is 4.92 Å². The number of rotatable bonds is 4. The molecule has 0 bridgehead atoms. The topological polar surface area (TPSA) is 80.4 Å². The maximum absolute atomic E-state index is 10.7. The van der Waals surface area contributed by atoms with Gasteiger partial charge in [-0.2, -0.15) is 0 Å². The predicted octanol–water partition coefficient (Wildman–Crippen LogP) is 3.23. The van der Waals surface area contributed by atoms with E-state index in [9.17, 15) is 14.9 Å². The van der Waals surface area contributed by atoms with Gasteiger partial charge in [0.15, 0.2) is 0 Å². The quantitative estimate of drug-likeness (QED) is 0.523. The van der Waals surface area contributed by atoms with Crippen molar-refractivity contribution < 1.29 is 14.8 Å². The van der Waals surface area contributed by atoms with Gasteiger partial charge >= 0.3 is 5.97 Å². The van der Waals surface area contributed by atoms with Crippen LogP contribution in [-0.4, -0.2) is 21.2 Å². The van der Waals surface area contributed by atoms with E-state index in [4.69, 9.17) is 5.11 Å². The number of carboxylic acids is 1. The van der Waals surface area contributed by atoms with Crippen molar-refractivity contribution in [3.8, 4) is 0 Å². The van der Waals surface area contributed by atoms with Gasteiger partial charge in [-0.1, -0.05) is 0 Å². The van der Waals surface area contributed by atoms with Crippen LogP contribution < -0.4 is 0 Å². The minimum absolute atomic E-state index is 0.0178. The second kappa shape index (κ2) is 5.50. The molecule has 0 heterocycles. The molecule has 1 rings (SSSR count). The van der Waals surface area contributed by atoms with E-state index in [1.54, 1.807) is 19.9 Å². The maximum atomic E-state index is 10.7. The van der Waals surface area contributed by atoms with Gasteiger partial charge in [-0.3, -0.25) is 14.9 Å². The third kappa shape index (κ3) is 3.44. The molecular weight excluding hydrogens is 310 g/mol. The van der Waals surface area contributed by atoms with Crippen LogP contribution in [0.3, 0.4) is 0 Å². The Balaban J connectivity index is 3.08. The lowest BCUT2D eigenvalue weighted by molar-refractivity contribution is -0.385. The summed E-state index contributed by atoms with van der Waals surface area (Å²) in [5.74, 6) is -0.919. The lowest BCUT2D eigenvalue weighted by Gasteiger charge is -2.09. The number of aryl methyl sites for hydroxylation is 1. The van der Waals surface area contributed by atoms with Crippen molar-refractivity contribution in [1.82, 2.24) is 0 Å². The number of halogens is 1. The summed E-state index contributed by atoms with van der Waals surface area (Å²) in [6.45, 7) is 3.19. The second-order valence-corrected chi connectivity index (χ2v) is 5.66. The normalized spacial score (nSPS) is 12.2. The Hall–Kier alpha value is -1.08. The molecule has 1 unspecified atom stereocenters. The molecule has 0 aliphatic heterocycles. The van der Waals surface area contributed by atoms with Gasteiger partial charge < -0.3 is 5.11 Å². The van der Waals surface area contributed by atoms with Gasteiger partial charge in [-0.25, -0.2) is 0 Å². The van der Waals surface area contributed by atoms with Gasteiger partial charge in [0.2, 0.25) is 0 Å². The zero-order chi connectivity index (χ0) is 13.2. The smallest absolute Gasteiger partial charge is 0.316 e. The van der Waals surface area contributed by atoms with Crippen molar-refractivity contribution in [1.29, 1.82) is 0 Å². The molecule has 1 aromatic carbocycles. The van der Waals surface area contributed by atoms with Crippen LogP contribution in [0.2, 0.25) is 0 Å². The highest BCUT2D eigenvalue weighted by atomic mass is 79.9. The summed E-state index contributed by atoms with van der Waals surface area (Å²) in [5.41, 5.74) is 0.530. The molecule has 0 aliphatic carbocycles. The standard InChI is InChI=1S/C10H10BrNO4S/c1-5-3-9(17-6(2)10(13)14)7(11)4-8(5)12(15)16/h3-4,6H,1-2H3,(H,13,14). The Morgan fingerprint density at radius 3 is 2.65 bits per heavy atom. The van der Waals surface area contributed by atoms with E-state index < -0.39 is 16.1 Å². The summed E-state index contributed by atoms with van der Waals surface area (Å²) in [6.07, 6.45) is 0. The zero-order valence-corrected chi connectivity index (χ0v) is 11.5. The lowest BCUT2D eigenvalue weighted by Crippen LogP contribution is -2.11. The van der Waals surface area contributed by atoms with Crippen LogP contribution in [0.25, 0.3) is 0 Å². The fraction of sp³-hybridized carbons (Fsp3) is 0.300. The van der Waals surface area contributed by atoms with Crippen molar-refractivity contribution >= 4 is 39.3 Å². The first kappa shape index (κ1) is 14.0. The molecule has 0 spiro atoms. The van der Waals surface area contributed by atoms with E-state index in [1.807, 2.05) is 0 Å². The number of benzene rings is 1. The van der Waals surface area contributed by atoms with Crippen LogP contribution in [-0.2, 0) is 4.79 Å². The summed E-state index contributed by atoms with van der Waals surface area (Å²) in [5, 5.41) is 18.9. The molecule has 0 saturated carbocycles. The fourth-order valence-electron chi connectivity index (χ4n) is 1.17. The maximum Gasteiger partial charge on any atom is 0.316 e. The number of nitrogens with zero attached hydrogens (tertiary/aromatic N) is 1. The fourth-order valence-corrected chi connectivity index (χ4v) is 2.68. The Bertz CT molecular complexity index is 478. The predicted molar refractivity (Wildman–Crippen MR) is 68.5 cm³/mol. The average molecular weight is 320 g/mol. The van der Waals surface area contributed by atoms with Crippen molar-refractivity contribution in [3.05, 3.63) is 32.3 Å². The third-order valence-corrected chi connectivity index (χ3v) is 4.16. The van der Waals surface area contributed by atoms with Crippen molar-refractivity contribution in [3.63, 3.8) is 0 Å². The highest BCUT2D eigenvalue weighted by molar-refractivity contribution is 9.10. The Morgan fingerprint density at radius 1 is 1.59 bits per heavy atom. The first-order valence-corrected chi connectivity index (χ1v) is 6.34. The number of hydrogen-bond acceptors (Lipinski definition) is 4. The van der Waals surface area contributed by atoms with Crippen molar-refractivity contribution in [2.45, 2.75) is 24.0 Å². The molecule has 7 heteroatoms. The van der Waals surface area contributed by atoms with E-state index in [0.29, 0.717) is 14.9 Å². The number of thioether (sulfide) groups is 1. The average Bonchev–Trinajstić information content (AvgIpc) is 2.22. The molecule has 0 amide bonds. The first-order chi connectivity index (χ1) is 7.82. The zero-order valence-electron chi connectivity index (χ0n) is 9.14. The molecular formula is C10H10BrNO4S. The third-order valence-electron chi connectivity index (χ3n) is 2.10. The molecule has 1 aromatic rings. The van der Waals surface area contributed by atoms with Crippen LogP contribution >= 0.6 is 27.7 Å². The summed E-state index contributed by atoms with van der Waals surface area (Å²) >= 11 is 4.35. The Kier molecular flexibility index (Phi) is 4.53. The minimum atomic E-state index is -0.919. The number of aliphatic carboxylic acids is 1. The summed E-state index contributed by atoms with van der Waals surface area (Å²) < 4.78 is 0.535. The van der Waals surface area contributed by atoms with Gasteiger partial charge in [0, 0.05) is 21.0 Å². The highest BCUT2D eigenvalue weighted by Crippen LogP contribution is 2.35. The highest BCUT2D eigenvalue weighted by Gasteiger charge is 2.18.